The first-order valence-electron chi connectivity index (χ1n) is 10.4. The van der Waals surface area contributed by atoms with Crippen LogP contribution < -0.4 is 15.7 Å². The Morgan fingerprint density at radius 3 is 1.72 bits per heavy atom. The minimum absolute atomic E-state index is 0.0401. The molecular weight excluding hydrogens is 430 g/mol. The van der Waals surface area contributed by atoms with E-state index in [0.717, 1.165) is 5.39 Å². The van der Waals surface area contributed by atoms with Crippen molar-refractivity contribution in [3.05, 3.63) is 109 Å². The summed E-state index contributed by atoms with van der Waals surface area (Å²) in [5.41, 5.74) is -2.46. The van der Waals surface area contributed by atoms with Gasteiger partial charge in [0.2, 0.25) is 7.29 Å². The van der Waals surface area contributed by atoms with Crippen molar-refractivity contribution in [1.82, 2.24) is 5.09 Å². The maximum Gasteiger partial charge on any atom is 0.411 e. The van der Waals surface area contributed by atoms with E-state index in [9.17, 15) is 17.7 Å². The van der Waals surface area contributed by atoms with E-state index in [0.29, 0.717) is 16.0 Å². The summed E-state index contributed by atoms with van der Waals surface area (Å²) in [6, 6.07) is 28.6. The fourth-order valence-corrected chi connectivity index (χ4v) is 6.74. The van der Waals surface area contributed by atoms with Crippen molar-refractivity contribution in [3.63, 3.8) is 0 Å². The molecule has 4 rings (SSSR count). The van der Waals surface area contributed by atoms with Crippen LogP contribution in [0.3, 0.4) is 0 Å². The summed E-state index contributed by atoms with van der Waals surface area (Å²) in [6.07, 6.45) is -5.01. The first kappa shape index (κ1) is 22.3. The van der Waals surface area contributed by atoms with Gasteiger partial charge >= 0.3 is 6.18 Å². The van der Waals surface area contributed by atoms with Crippen molar-refractivity contribution in [3.8, 4) is 0 Å². The zero-order valence-electron chi connectivity index (χ0n) is 17.5. The number of alkyl halides is 3. The normalized spacial score (nSPS) is 14.2. The molecule has 0 radical (unpaired) electrons. The van der Waals surface area contributed by atoms with Gasteiger partial charge in [0.15, 0.2) is 0 Å². The number of halogens is 3. The largest absolute Gasteiger partial charge is 0.411 e. The Morgan fingerprint density at radius 1 is 0.719 bits per heavy atom. The van der Waals surface area contributed by atoms with Gasteiger partial charge in [-0.05, 0) is 53.1 Å². The molecule has 0 saturated heterocycles. The summed E-state index contributed by atoms with van der Waals surface area (Å²) in [5, 5.41) is 4.88. The quantitative estimate of drug-likeness (QED) is 0.337. The lowest BCUT2D eigenvalue weighted by molar-refractivity contribution is -0.196. The van der Waals surface area contributed by atoms with Crippen LogP contribution in [0.5, 0.6) is 0 Å². The average molecular weight is 453 g/mol. The Morgan fingerprint density at radius 2 is 1.22 bits per heavy atom. The summed E-state index contributed by atoms with van der Waals surface area (Å²) in [5.74, 6) is 0. The highest BCUT2D eigenvalue weighted by Gasteiger charge is 2.57. The molecule has 2 nitrogen and oxygen atoms in total. The van der Waals surface area contributed by atoms with Crippen molar-refractivity contribution in [2.75, 3.05) is 0 Å². The van der Waals surface area contributed by atoms with Crippen LogP contribution >= 0.6 is 7.29 Å². The van der Waals surface area contributed by atoms with Gasteiger partial charge < -0.3 is 0 Å². The zero-order valence-corrected chi connectivity index (χ0v) is 18.4. The highest BCUT2D eigenvalue weighted by molar-refractivity contribution is 7.77. The molecule has 0 aromatic heterocycles. The van der Waals surface area contributed by atoms with Crippen LogP contribution in [0.1, 0.15) is 18.9 Å². The molecule has 0 aliphatic rings. The van der Waals surface area contributed by atoms with Gasteiger partial charge in [0.1, 0.15) is 5.54 Å². The molecule has 32 heavy (non-hydrogen) atoms. The molecule has 0 unspecified atom stereocenters. The second-order valence-electron chi connectivity index (χ2n) is 7.71. The van der Waals surface area contributed by atoms with Gasteiger partial charge in [-0.15, -0.1) is 0 Å². The third-order valence-electron chi connectivity index (χ3n) is 5.84. The van der Waals surface area contributed by atoms with E-state index < -0.39 is 19.0 Å². The van der Waals surface area contributed by atoms with E-state index >= 15 is 0 Å². The summed E-state index contributed by atoms with van der Waals surface area (Å²) in [4.78, 5) is 0. The van der Waals surface area contributed by atoms with Gasteiger partial charge in [0.25, 0.3) is 0 Å². The molecule has 0 bridgehead atoms. The van der Waals surface area contributed by atoms with Gasteiger partial charge in [-0.1, -0.05) is 79.7 Å². The first-order chi connectivity index (χ1) is 15.3. The molecule has 6 heteroatoms. The van der Waals surface area contributed by atoms with Crippen LogP contribution in [-0.4, -0.2) is 6.18 Å². The van der Waals surface area contributed by atoms with E-state index in [1.54, 1.807) is 84.9 Å². The number of hydrogen-bond acceptors (Lipinski definition) is 1. The third-order valence-corrected chi connectivity index (χ3v) is 8.59. The van der Waals surface area contributed by atoms with Gasteiger partial charge in [-0.25, -0.2) is 5.09 Å². The van der Waals surface area contributed by atoms with Gasteiger partial charge in [0, 0.05) is 10.6 Å². The lowest BCUT2D eigenvalue weighted by atomic mass is 9.86. The Labute approximate surface area is 185 Å². The van der Waals surface area contributed by atoms with Crippen LogP contribution in [0.2, 0.25) is 0 Å². The van der Waals surface area contributed by atoms with Crippen LogP contribution in [0.15, 0.2) is 103 Å². The van der Waals surface area contributed by atoms with Crippen molar-refractivity contribution >= 4 is 28.7 Å². The molecule has 0 fully saturated rings. The highest BCUT2D eigenvalue weighted by atomic mass is 31.2. The summed E-state index contributed by atoms with van der Waals surface area (Å²) in [7, 11) is -3.85. The number of fused-ring (bicyclic) bond motifs is 1. The van der Waals surface area contributed by atoms with Gasteiger partial charge in [0.05, 0.1) is 0 Å². The van der Waals surface area contributed by atoms with Crippen LogP contribution in [0, 0.1) is 0 Å². The van der Waals surface area contributed by atoms with Crippen molar-refractivity contribution in [1.29, 1.82) is 0 Å². The van der Waals surface area contributed by atoms with Crippen LogP contribution in [0.25, 0.3) is 10.8 Å². The lowest BCUT2D eigenvalue weighted by Crippen LogP contribution is -2.54. The number of rotatable bonds is 6. The van der Waals surface area contributed by atoms with Crippen LogP contribution in [0.4, 0.5) is 13.2 Å². The second-order valence-corrected chi connectivity index (χ2v) is 10.2. The Bertz CT molecular complexity index is 1210. The minimum Gasteiger partial charge on any atom is -0.296 e. The molecule has 4 aromatic rings. The van der Waals surface area contributed by atoms with E-state index in [-0.39, 0.29) is 12.0 Å². The van der Waals surface area contributed by atoms with E-state index in [4.69, 9.17) is 0 Å². The molecule has 1 atom stereocenters. The predicted molar refractivity (Wildman–Crippen MR) is 125 cm³/mol. The summed E-state index contributed by atoms with van der Waals surface area (Å²) < 4.78 is 59.0. The highest BCUT2D eigenvalue weighted by Crippen LogP contribution is 2.51. The number of hydrogen-bond donors (Lipinski definition) is 1. The van der Waals surface area contributed by atoms with E-state index in [1.165, 1.54) is 13.0 Å². The second kappa shape index (κ2) is 8.57. The average Bonchev–Trinajstić information content (AvgIpc) is 2.82. The standard InChI is InChI=1S/C26H23F3NOP/c1-2-25(26(27,28)29,22-18-17-20-11-9-10-12-21(20)19-22)30-32(31,23-13-5-3-6-14-23)24-15-7-4-8-16-24/h3-19H,2H2,1H3,(H,30,31)/t25-/m1/s1. The molecule has 164 valence electrons. The molecular formula is C26H23F3NOP. The summed E-state index contributed by atoms with van der Waals surface area (Å²) in [6.45, 7) is 1.47. The first-order valence-corrected chi connectivity index (χ1v) is 12.1. The molecule has 0 aliphatic heterocycles. The maximum atomic E-state index is 14.8. The molecule has 1 N–H and O–H groups in total. The minimum atomic E-state index is -4.69. The Hall–Kier alpha value is -2.88. The fourth-order valence-electron chi connectivity index (χ4n) is 4.05. The zero-order chi connectivity index (χ0) is 22.8. The predicted octanol–water partition coefficient (Wildman–Crippen LogP) is 6.53. The molecule has 0 saturated carbocycles. The molecule has 0 spiro atoms. The van der Waals surface area contributed by atoms with Gasteiger partial charge in [-0.3, -0.25) is 4.57 Å². The fraction of sp³-hybridized carbons (Fsp3) is 0.154. The maximum absolute atomic E-state index is 14.8. The Balaban J connectivity index is 1.95. The topological polar surface area (TPSA) is 29.1 Å². The van der Waals surface area contributed by atoms with E-state index in [2.05, 4.69) is 5.09 Å². The van der Waals surface area contributed by atoms with E-state index in [1.807, 2.05) is 12.1 Å². The molecule has 0 aliphatic carbocycles. The third kappa shape index (κ3) is 3.87. The summed E-state index contributed by atoms with van der Waals surface area (Å²) >= 11 is 0. The van der Waals surface area contributed by atoms with Crippen molar-refractivity contribution in [2.45, 2.75) is 25.1 Å². The monoisotopic (exact) mass is 453 g/mol. The van der Waals surface area contributed by atoms with Crippen molar-refractivity contribution in [2.24, 2.45) is 0 Å². The molecule has 0 heterocycles. The molecule has 0 amide bonds. The molecule has 4 aromatic carbocycles. The lowest BCUT2D eigenvalue weighted by Gasteiger charge is -2.40. The van der Waals surface area contributed by atoms with Gasteiger partial charge in [-0.2, -0.15) is 13.2 Å². The number of benzene rings is 4. The smallest absolute Gasteiger partial charge is 0.296 e. The van der Waals surface area contributed by atoms with Crippen molar-refractivity contribution < 1.29 is 17.7 Å². The SMILES string of the molecule is CC[C@@](NP(=O)(c1ccccc1)c1ccccc1)(c1ccc2ccccc2c1)C(F)(F)F. The Kier molecular flexibility index (Phi) is 5.98. The van der Waals surface area contributed by atoms with Crippen LogP contribution in [-0.2, 0) is 10.1 Å². The number of nitrogens with one attached hydrogen (secondary N) is 1.